The van der Waals surface area contributed by atoms with E-state index in [0.717, 1.165) is 30.4 Å². The lowest BCUT2D eigenvalue weighted by atomic mass is 9.98. The van der Waals surface area contributed by atoms with Gasteiger partial charge < -0.3 is 10.6 Å². The minimum absolute atomic E-state index is 0.0518. The van der Waals surface area contributed by atoms with Crippen LogP contribution >= 0.6 is 0 Å². The van der Waals surface area contributed by atoms with Gasteiger partial charge in [-0.2, -0.15) is 23.3 Å². The first kappa shape index (κ1) is 18.4. The van der Waals surface area contributed by atoms with E-state index in [4.69, 9.17) is 0 Å². The highest BCUT2D eigenvalue weighted by atomic mass is 19.4. The van der Waals surface area contributed by atoms with Crippen LogP contribution < -0.4 is 10.6 Å². The zero-order valence-electron chi connectivity index (χ0n) is 15.5. The molecule has 0 amide bonds. The molecular weight excluding hydrogens is 373 g/mol. The Labute approximate surface area is 159 Å². The van der Waals surface area contributed by atoms with Gasteiger partial charge in [0.2, 0.25) is 5.95 Å². The number of hydrogen-bond acceptors (Lipinski definition) is 7. The summed E-state index contributed by atoms with van der Waals surface area (Å²) < 4.78 is 40.9. The van der Waals surface area contributed by atoms with Crippen molar-refractivity contribution in [2.24, 2.45) is 9.98 Å². The van der Waals surface area contributed by atoms with Gasteiger partial charge in [0, 0.05) is 13.2 Å². The molecular formula is C17H19F3N8. The Morgan fingerprint density at radius 3 is 2.79 bits per heavy atom. The molecule has 4 rings (SSSR count). The van der Waals surface area contributed by atoms with Gasteiger partial charge in [0.05, 0.1) is 29.3 Å². The van der Waals surface area contributed by atoms with Gasteiger partial charge in [-0.05, 0) is 26.7 Å². The average Bonchev–Trinajstić information content (AvgIpc) is 3.33. The molecule has 2 aliphatic rings. The monoisotopic (exact) mass is 392 g/mol. The van der Waals surface area contributed by atoms with Gasteiger partial charge >= 0.3 is 6.18 Å². The summed E-state index contributed by atoms with van der Waals surface area (Å²) in [5, 5.41) is 9.92. The van der Waals surface area contributed by atoms with Crippen molar-refractivity contribution >= 4 is 29.5 Å². The second-order valence-electron chi connectivity index (χ2n) is 6.99. The van der Waals surface area contributed by atoms with Gasteiger partial charge in [-0.3, -0.25) is 9.67 Å². The number of alkyl halides is 3. The molecule has 3 heterocycles. The molecule has 1 aliphatic heterocycles. The fourth-order valence-electron chi connectivity index (χ4n) is 3.79. The van der Waals surface area contributed by atoms with Crippen molar-refractivity contribution in [2.75, 3.05) is 17.7 Å². The van der Waals surface area contributed by atoms with Gasteiger partial charge in [-0.25, -0.2) is 9.98 Å². The normalized spacial score (nSPS) is 23.6. The Kier molecular flexibility index (Phi) is 4.12. The lowest BCUT2D eigenvalue weighted by Crippen LogP contribution is -2.38. The second-order valence-corrected chi connectivity index (χ2v) is 6.99. The number of nitrogens with one attached hydrogen (secondary N) is 2. The Hall–Kier alpha value is -2.98. The predicted octanol–water partition coefficient (Wildman–Crippen LogP) is 3.15. The average molecular weight is 392 g/mol. The number of fused-ring (bicyclic) bond motifs is 1. The van der Waals surface area contributed by atoms with Gasteiger partial charge in [-0.1, -0.05) is 0 Å². The first-order valence-corrected chi connectivity index (χ1v) is 8.78. The Balaban J connectivity index is 1.63. The topological polar surface area (TPSA) is 92.4 Å². The van der Waals surface area contributed by atoms with Crippen molar-refractivity contribution in [3.05, 3.63) is 23.7 Å². The first-order valence-electron chi connectivity index (χ1n) is 8.78. The molecule has 28 heavy (non-hydrogen) atoms. The van der Waals surface area contributed by atoms with E-state index in [-0.39, 0.29) is 23.3 Å². The highest BCUT2D eigenvalue weighted by molar-refractivity contribution is 6.05. The lowest BCUT2D eigenvalue weighted by molar-refractivity contribution is -0.137. The van der Waals surface area contributed by atoms with Crippen LogP contribution in [0.4, 0.5) is 30.6 Å². The summed E-state index contributed by atoms with van der Waals surface area (Å²) in [7, 11) is 1.38. The van der Waals surface area contributed by atoms with Gasteiger partial charge in [0.15, 0.2) is 0 Å². The molecule has 0 bridgehead atoms. The number of halogens is 3. The molecule has 0 radical (unpaired) electrons. The zero-order chi connectivity index (χ0) is 20.1. The van der Waals surface area contributed by atoms with E-state index in [1.165, 1.54) is 7.05 Å². The lowest BCUT2D eigenvalue weighted by Gasteiger charge is -2.27. The molecule has 1 unspecified atom stereocenters. The van der Waals surface area contributed by atoms with Crippen molar-refractivity contribution in [1.29, 1.82) is 0 Å². The van der Waals surface area contributed by atoms with Crippen LogP contribution in [0.25, 0.3) is 0 Å². The van der Waals surface area contributed by atoms with Gasteiger partial charge in [0.25, 0.3) is 0 Å². The molecule has 2 aromatic heterocycles. The van der Waals surface area contributed by atoms with Crippen molar-refractivity contribution in [1.82, 2.24) is 19.7 Å². The molecule has 0 aromatic carbocycles. The van der Waals surface area contributed by atoms with E-state index < -0.39 is 11.7 Å². The largest absolute Gasteiger partial charge is 0.421 e. The Bertz CT molecular complexity index is 977. The molecule has 2 aromatic rings. The van der Waals surface area contributed by atoms with Crippen LogP contribution in [0.15, 0.2) is 22.4 Å². The summed E-state index contributed by atoms with van der Waals surface area (Å²) in [6.45, 7) is 3.95. The number of aliphatic imine (C=N–C) groups is 2. The third-order valence-corrected chi connectivity index (χ3v) is 5.27. The summed E-state index contributed by atoms with van der Waals surface area (Å²) in [6, 6.07) is 0.0986. The van der Waals surface area contributed by atoms with Crippen LogP contribution in [0.1, 0.15) is 31.0 Å². The standard InChI is InChI=1S/C17H19F3N8/c1-9-12(26-15-22-6-10(17(18,19)20)14(21-3)27-15)7-25-28(9)16(2)5-4-11-13(16)24-8-23-11/h6-8,11H,4-5H2,1-3H3,(H2,21,22,26,27)/t11?,16-/m0/s1. The molecule has 148 valence electrons. The molecule has 1 fully saturated rings. The van der Waals surface area contributed by atoms with Crippen LogP contribution in [0.2, 0.25) is 0 Å². The van der Waals surface area contributed by atoms with Crippen LogP contribution in [-0.2, 0) is 11.7 Å². The summed E-state index contributed by atoms with van der Waals surface area (Å²) in [4.78, 5) is 16.5. The SMILES string of the molecule is CNc1nc(Nc2cnn([C@@]3(C)CCC4N=CN=C43)c2C)ncc1C(F)(F)F. The Morgan fingerprint density at radius 1 is 1.29 bits per heavy atom. The van der Waals surface area contributed by atoms with E-state index in [9.17, 15) is 13.2 Å². The van der Waals surface area contributed by atoms with E-state index in [1.54, 1.807) is 12.5 Å². The van der Waals surface area contributed by atoms with Gasteiger partial charge in [-0.15, -0.1) is 0 Å². The van der Waals surface area contributed by atoms with E-state index in [0.29, 0.717) is 5.69 Å². The van der Waals surface area contributed by atoms with Crippen molar-refractivity contribution < 1.29 is 13.2 Å². The molecule has 1 saturated carbocycles. The van der Waals surface area contributed by atoms with Crippen LogP contribution in [-0.4, -0.2) is 44.9 Å². The van der Waals surface area contributed by atoms with Crippen molar-refractivity contribution in [2.45, 2.75) is 44.4 Å². The highest BCUT2D eigenvalue weighted by Gasteiger charge is 2.46. The number of rotatable bonds is 4. The maximum Gasteiger partial charge on any atom is 0.421 e. The highest BCUT2D eigenvalue weighted by Crippen LogP contribution is 2.39. The van der Waals surface area contributed by atoms with Crippen LogP contribution in [0.5, 0.6) is 0 Å². The molecule has 2 N–H and O–H groups in total. The zero-order valence-corrected chi connectivity index (χ0v) is 15.5. The summed E-state index contributed by atoms with van der Waals surface area (Å²) >= 11 is 0. The fourth-order valence-corrected chi connectivity index (χ4v) is 3.79. The number of nitrogens with zero attached hydrogens (tertiary/aromatic N) is 6. The summed E-state index contributed by atoms with van der Waals surface area (Å²) in [5.41, 5.74) is 1.10. The van der Waals surface area contributed by atoms with Gasteiger partial charge in [0.1, 0.15) is 23.3 Å². The maximum atomic E-state index is 13.0. The molecule has 0 saturated heterocycles. The van der Waals surface area contributed by atoms with Crippen LogP contribution in [0.3, 0.4) is 0 Å². The second kappa shape index (κ2) is 6.28. The molecule has 1 aliphatic carbocycles. The van der Waals surface area contributed by atoms with Crippen molar-refractivity contribution in [3.63, 3.8) is 0 Å². The first-order chi connectivity index (χ1) is 13.2. The predicted molar refractivity (Wildman–Crippen MR) is 99.4 cm³/mol. The number of aromatic nitrogens is 4. The van der Waals surface area contributed by atoms with Crippen LogP contribution in [0, 0.1) is 6.92 Å². The third-order valence-electron chi connectivity index (χ3n) is 5.27. The number of hydrogen-bond donors (Lipinski definition) is 2. The maximum absolute atomic E-state index is 13.0. The van der Waals surface area contributed by atoms with E-state index in [1.807, 2.05) is 11.6 Å². The minimum atomic E-state index is -4.53. The molecule has 0 spiro atoms. The molecule has 8 nitrogen and oxygen atoms in total. The summed E-state index contributed by atoms with van der Waals surface area (Å²) in [6.07, 6.45) is 1.19. The van der Waals surface area contributed by atoms with Crippen molar-refractivity contribution in [3.8, 4) is 0 Å². The molecule has 11 heteroatoms. The Morgan fingerprint density at radius 2 is 2.07 bits per heavy atom. The van der Waals surface area contributed by atoms with E-state index >= 15 is 0 Å². The smallest absolute Gasteiger partial charge is 0.372 e. The third kappa shape index (κ3) is 2.81. The quantitative estimate of drug-likeness (QED) is 0.834. The summed E-state index contributed by atoms with van der Waals surface area (Å²) in [5.74, 6) is -0.242. The number of anilines is 3. The molecule has 2 atom stereocenters. The fraction of sp³-hybridized carbons (Fsp3) is 0.471. The minimum Gasteiger partial charge on any atom is -0.372 e. The van der Waals surface area contributed by atoms with E-state index in [2.05, 4.69) is 42.6 Å².